The number of nitrogens with zero attached hydrogens (tertiary/aromatic N) is 1. The van der Waals surface area contributed by atoms with Crippen molar-refractivity contribution in [2.24, 2.45) is 5.73 Å². The van der Waals surface area contributed by atoms with Gasteiger partial charge in [0.25, 0.3) is 0 Å². The van der Waals surface area contributed by atoms with Crippen molar-refractivity contribution in [2.75, 3.05) is 12.4 Å². The van der Waals surface area contributed by atoms with E-state index < -0.39 is 0 Å². The number of hydrogen-bond acceptors (Lipinski definition) is 3. The minimum atomic E-state index is 0.483. The molecule has 0 bridgehead atoms. The summed E-state index contributed by atoms with van der Waals surface area (Å²) in [6, 6.07) is 3.83. The van der Waals surface area contributed by atoms with Crippen LogP contribution in [0.5, 0.6) is 0 Å². The third-order valence-electron chi connectivity index (χ3n) is 1.35. The van der Waals surface area contributed by atoms with Crippen LogP contribution >= 0.6 is 0 Å². The van der Waals surface area contributed by atoms with E-state index >= 15 is 0 Å². The molecular weight excluding hydrogens is 126 g/mol. The molecule has 10 heavy (non-hydrogen) atoms. The molecule has 1 rings (SSSR count). The predicted octanol–water partition coefficient (Wildman–Crippen LogP) is 0.582. The molecule has 0 atom stereocenters. The maximum Gasteiger partial charge on any atom is 0.0770 e. The Morgan fingerprint density at radius 2 is 2.50 bits per heavy atom. The largest absolute Gasteiger partial charge is 0.387 e. The van der Waals surface area contributed by atoms with Gasteiger partial charge in [-0.25, -0.2) is 0 Å². The highest BCUT2D eigenvalue weighted by Gasteiger charge is 1.95. The molecule has 0 aliphatic rings. The Bertz CT molecular complexity index is 187. The Morgan fingerprint density at radius 3 is 3.00 bits per heavy atom. The van der Waals surface area contributed by atoms with Crippen LogP contribution in [0.1, 0.15) is 5.69 Å². The van der Waals surface area contributed by atoms with Crippen LogP contribution < -0.4 is 11.1 Å². The fourth-order valence-corrected chi connectivity index (χ4v) is 0.828. The topological polar surface area (TPSA) is 50.9 Å². The summed E-state index contributed by atoms with van der Waals surface area (Å²) in [5.74, 6) is 0. The van der Waals surface area contributed by atoms with Crippen molar-refractivity contribution in [3.8, 4) is 0 Å². The first kappa shape index (κ1) is 7.02. The molecule has 1 aromatic heterocycles. The van der Waals surface area contributed by atoms with Gasteiger partial charge in [0.15, 0.2) is 0 Å². The molecule has 3 N–H and O–H groups in total. The van der Waals surface area contributed by atoms with Gasteiger partial charge in [0, 0.05) is 19.8 Å². The van der Waals surface area contributed by atoms with Gasteiger partial charge in [0.1, 0.15) is 0 Å². The average Bonchev–Trinajstić information content (AvgIpc) is 2.04. The highest BCUT2D eigenvalue weighted by molar-refractivity contribution is 5.46. The predicted molar refractivity (Wildman–Crippen MR) is 41.7 cm³/mol. The van der Waals surface area contributed by atoms with Crippen LogP contribution in [0.2, 0.25) is 0 Å². The number of nitrogens with one attached hydrogen (secondary N) is 1. The Kier molecular flexibility index (Phi) is 2.23. The van der Waals surface area contributed by atoms with E-state index in [-0.39, 0.29) is 0 Å². The van der Waals surface area contributed by atoms with Crippen molar-refractivity contribution in [1.29, 1.82) is 0 Å². The summed E-state index contributed by atoms with van der Waals surface area (Å²) >= 11 is 0. The molecule has 0 aromatic carbocycles. The third-order valence-corrected chi connectivity index (χ3v) is 1.35. The number of anilines is 1. The summed E-state index contributed by atoms with van der Waals surface area (Å²) in [5, 5.41) is 3.00. The molecule has 3 heteroatoms. The van der Waals surface area contributed by atoms with E-state index in [9.17, 15) is 0 Å². The van der Waals surface area contributed by atoms with Crippen LogP contribution in [0.25, 0.3) is 0 Å². The van der Waals surface area contributed by atoms with Crippen LogP contribution in [0.3, 0.4) is 0 Å². The Hall–Kier alpha value is -1.09. The molecule has 0 saturated heterocycles. The van der Waals surface area contributed by atoms with Crippen LogP contribution in [0.4, 0.5) is 5.69 Å². The zero-order valence-corrected chi connectivity index (χ0v) is 5.96. The second kappa shape index (κ2) is 3.17. The van der Waals surface area contributed by atoms with Crippen LogP contribution in [0, 0.1) is 0 Å². The lowest BCUT2D eigenvalue weighted by molar-refractivity contribution is 0.991. The van der Waals surface area contributed by atoms with Crippen molar-refractivity contribution < 1.29 is 0 Å². The number of rotatable bonds is 2. The molecule has 3 nitrogen and oxygen atoms in total. The van der Waals surface area contributed by atoms with Crippen LogP contribution in [-0.4, -0.2) is 12.0 Å². The third kappa shape index (κ3) is 1.25. The highest BCUT2D eigenvalue weighted by Crippen LogP contribution is 2.08. The van der Waals surface area contributed by atoms with Crippen molar-refractivity contribution in [3.63, 3.8) is 0 Å². The quantitative estimate of drug-likeness (QED) is 0.627. The summed E-state index contributed by atoms with van der Waals surface area (Å²) in [5.41, 5.74) is 7.34. The number of hydrogen-bond donors (Lipinski definition) is 2. The van der Waals surface area contributed by atoms with Gasteiger partial charge < -0.3 is 11.1 Å². The van der Waals surface area contributed by atoms with Gasteiger partial charge in [-0.1, -0.05) is 0 Å². The first-order chi connectivity index (χ1) is 4.88. The van der Waals surface area contributed by atoms with Gasteiger partial charge in [0.2, 0.25) is 0 Å². The molecule has 0 aliphatic heterocycles. The second-order valence-electron chi connectivity index (χ2n) is 1.95. The van der Waals surface area contributed by atoms with Gasteiger partial charge in [-0.15, -0.1) is 0 Å². The van der Waals surface area contributed by atoms with E-state index in [0.29, 0.717) is 6.54 Å². The van der Waals surface area contributed by atoms with Crippen molar-refractivity contribution in [3.05, 3.63) is 24.0 Å². The lowest BCUT2D eigenvalue weighted by atomic mass is 10.3. The molecule has 0 amide bonds. The van der Waals surface area contributed by atoms with E-state index in [0.717, 1.165) is 11.4 Å². The molecule has 1 aromatic rings. The molecule has 0 aliphatic carbocycles. The maximum atomic E-state index is 5.42. The van der Waals surface area contributed by atoms with Crippen LogP contribution in [0.15, 0.2) is 18.3 Å². The van der Waals surface area contributed by atoms with Gasteiger partial charge >= 0.3 is 0 Å². The Labute approximate surface area is 60.3 Å². The number of aromatic nitrogens is 1. The second-order valence-corrected chi connectivity index (χ2v) is 1.95. The fraction of sp³-hybridized carbons (Fsp3) is 0.286. The molecule has 0 unspecified atom stereocenters. The minimum Gasteiger partial charge on any atom is -0.387 e. The molecule has 0 saturated carbocycles. The van der Waals surface area contributed by atoms with E-state index in [1.807, 2.05) is 19.2 Å². The standard InChI is InChI=1S/C7H11N3/c1-9-6-3-2-4-10-7(6)5-8/h2-4,9H,5,8H2,1H3. The lowest BCUT2D eigenvalue weighted by Crippen LogP contribution is -2.03. The Balaban J connectivity index is 2.96. The first-order valence-electron chi connectivity index (χ1n) is 3.20. The minimum absolute atomic E-state index is 0.483. The van der Waals surface area contributed by atoms with Crippen molar-refractivity contribution in [1.82, 2.24) is 4.98 Å². The number of nitrogens with two attached hydrogens (primary N) is 1. The summed E-state index contributed by atoms with van der Waals surface area (Å²) < 4.78 is 0. The molecule has 54 valence electrons. The first-order valence-corrected chi connectivity index (χ1v) is 3.20. The summed E-state index contributed by atoms with van der Waals surface area (Å²) in [6.45, 7) is 0.483. The van der Waals surface area contributed by atoms with Crippen molar-refractivity contribution in [2.45, 2.75) is 6.54 Å². The van der Waals surface area contributed by atoms with E-state index in [2.05, 4.69) is 10.3 Å². The SMILES string of the molecule is CNc1cccnc1CN. The van der Waals surface area contributed by atoms with Crippen LogP contribution in [-0.2, 0) is 6.54 Å². The van der Waals surface area contributed by atoms with Gasteiger partial charge in [-0.3, -0.25) is 4.98 Å². The highest BCUT2D eigenvalue weighted by atomic mass is 14.9. The summed E-state index contributed by atoms with van der Waals surface area (Å²) in [7, 11) is 1.86. The zero-order chi connectivity index (χ0) is 7.40. The normalized spacial score (nSPS) is 9.40. The molecular formula is C7H11N3. The van der Waals surface area contributed by atoms with Crippen molar-refractivity contribution >= 4 is 5.69 Å². The van der Waals surface area contributed by atoms with Gasteiger partial charge in [-0.2, -0.15) is 0 Å². The zero-order valence-electron chi connectivity index (χ0n) is 5.96. The number of pyridine rings is 1. The molecule has 0 spiro atoms. The van der Waals surface area contributed by atoms with Gasteiger partial charge in [0.05, 0.1) is 11.4 Å². The van der Waals surface area contributed by atoms with E-state index in [4.69, 9.17) is 5.73 Å². The van der Waals surface area contributed by atoms with E-state index in [1.54, 1.807) is 6.20 Å². The molecule has 0 fully saturated rings. The molecule has 0 radical (unpaired) electrons. The average molecular weight is 137 g/mol. The Morgan fingerprint density at radius 1 is 1.70 bits per heavy atom. The maximum absolute atomic E-state index is 5.42. The molecule has 1 heterocycles. The smallest absolute Gasteiger partial charge is 0.0770 e. The van der Waals surface area contributed by atoms with E-state index in [1.165, 1.54) is 0 Å². The van der Waals surface area contributed by atoms with Gasteiger partial charge in [-0.05, 0) is 12.1 Å². The monoisotopic (exact) mass is 137 g/mol. The summed E-state index contributed by atoms with van der Waals surface area (Å²) in [4.78, 5) is 4.08. The fourth-order valence-electron chi connectivity index (χ4n) is 0.828. The lowest BCUT2D eigenvalue weighted by Gasteiger charge is -2.03. The summed E-state index contributed by atoms with van der Waals surface area (Å²) in [6.07, 6.45) is 1.74.